The third-order valence-corrected chi connectivity index (χ3v) is 6.81. The van der Waals surface area contributed by atoms with E-state index in [-0.39, 0.29) is 24.2 Å². The van der Waals surface area contributed by atoms with E-state index in [1.807, 2.05) is 32.0 Å². The van der Waals surface area contributed by atoms with Gasteiger partial charge in [-0.1, -0.05) is 18.6 Å². The molecule has 1 aromatic carbocycles. The monoisotopic (exact) mass is 369 g/mol. The van der Waals surface area contributed by atoms with Gasteiger partial charge >= 0.3 is 0 Å². The lowest BCUT2D eigenvalue weighted by Crippen LogP contribution is -2.48. The largest absolute Gasteiger partial charge is 0.368 e. The molecule has 2 aliphatic heterocycles. The number of carbonyl (C=O) groups is 3. The first kappa shape index (κ1) is 18.0. The molecule has 2 N–H and O–H groups in total. The highest BCUT2D eigenvalue weighted by Gasteiger charge is 2.50. The van der Waals surface area contributed by atoms with Crippen LogP contribution in [0.15, 0.2) is 18.2 Å². The molecule has 6 heteroatoms. The first-order valence-corrected chi connectivity index (χ1v) is 9.85. The summed E-state index contributed by atoms with van der Waals surface area (Å²) >= 11 is 0. The van der Waals surface area contributed by atoms with Gasteiger partial charge in [0.2, 0.25) is 17.7 Å². The molecular formula is C21H27N3O3. The Bertz CT molecular complexity index is 806. The SMILES string of the molecule is Cc1cccc(N2CC(C(=O)N3C[C@@H]4CCC[C@@H]4[C@H]3C(N)=O)CC2=O)c1C. The van der Waals surface area contributed by atoms with Crippen molar-refractivity contribution in [3.63, 3.8) is 0 Å². The van der Waals surface area contributed by atoms with Crippen LogP contribution < -0.4 is 10.6 Å². The summed E-state index contributed by atoms with van der Waals surface area (Å²) in [5.74, 6) is -0.365. The van der Waals surface area contributed by atoms with Crippen LogP contribution in [0.3, 0.4) is 0 Å². The van der Waals surface area contributed by atoms with Crippen molar-refractivity contribution in [3.8, 4) is 0 Å². The van der Waals surface area contributed by atoms with Gasteiger partial charge in [0.05, 0.1) is 5.92 Å². The quantitative estimate of drug-likeness (QED) is 0.881. The molecule has 0 radical (unpaired) electrons. The van der Waals surface area contributed by atoms with Gasteiger partial charge in [0.15, 0.2) is 0 Å². The molecular weight excluding hydrogens is 342 g/mol. The number of nitrogens with two attached hydrogens (primary N) is 1. The van der Waals surface area contributed by atoms with Gasteiger partial charge in [0, 0.05) is 25.2 Å². The fourth-order valence-corrected chi connectivity index (χ4v) is 5.27. The summed E-state index contributed by atoms with van der Waals surface area (Å²) in [4.78, 5) is 41.3. The molecule has 27 heavy (non-hydrogen) atoms. The van der Waals surface area contributed by atoms with Gasteiger partial charge in [-0.05, 0) is 55.7 Å². The number of anilines is 1. The van der Waals surface area contributed by atoms with E-state index >= 15 is 0 Å². The molecule has 0 aromatic heterocycles. The molecule has 3 amide bonds. The summed E-state index contributed by atoms with van der Waals surface area (Å²) in [7, 11) is 0. The topological polar surface area (TPSA) is 83.7 Å². The predicted octanol–water partition coefficient (Wildman–Crippen LogP) is 1.77. The molecule has 6 nitrogen and oxygen atoms in total. The van der Waals surface area contributed by atoms with E-state index < -0.39 is 17.9 Å². The Morgan fingerprint density at radius 3 is 2.67 bits per heavy atom. The smallest absolute Gasteiger partial charge is 0.240 e. The number of hydrogen-bond donors (Lipinski definition) is 1. The number of nitrogens with zero attached hydrogens (tertiary/aromatic N) is 2. The van der Waals surface area contributed by atoms with Crippen LogP contribution in [-0.4, -0.2) is 41.8 Å². The molecule has 0 bridgehead atoms. The zero-order chi connectivity index (χ0) is 19.3. The highest BCUT2D eigenvalue weighted by Crippen LogP contribution is 2.43. The minimum Gasteiger partial charge on any atom is -0.368 e. The van der Waals surface area contributed by atoms with E-state index in [4.69, 9.17) is 5.73 Å². The number of benzene rings is 1. The summed E-state index contributed by atoms with van der Waals surface area (Å²) in [6.07, 6.45) is 3.31. The normalized spacial score (nSPS) is 30.1. The number of amides is 3. The van der Waals surface area contributed by atoms with Crippen molar-refractivity contribution in [2.24, 2.45) is 23.5 Å². The first-order chi connectivity index (χ1) is 12.9. The van der Waals surface area contributed by atoms with Crippen molar-refractivity contribution in [1.82, 2.24) is 4.90 Å². The number of rotatable bonds is 3. The summed E-state index contributed by atoms with van der Waals surface area (Å²) in [5.41, 5.74) is 8.71. The lowest BCUT2D eigenvalue weighted by Gasteiger charge is -2.28. The van der Waals surface area contributed by atoms with Crippen molar-refractivity contribution in [2.75, 3.05) is 18.0 Å². The number of fused-ring (bicyclic) bond motifs is 1. The minimum atomic E-state index is -0.505. The van der Waals surface area contributed by atoms with Gasteiger partial charge in [-0.25, -0.2) is 0 Å². The zero-order valence-electron chi connectivity index (χ0n) is 16.0. The van der Waals surface area contributed by atoms with Gasteiger partial charge in [-0.15, -0.1) is 0 Å². The molecule has 3 aliphatic rings. The van der Waals surface area contributed by atoms with E-state index in [1.54, 1.807) is 9.80 Å². The van der Waals surface area contributed by atoms with E-state index in [1.165, 1.54) is 0 Å². The van der Waals surface area contributed by atoms with E-state index in [0.717, 1.165) is 36.1 Å². The van der Waals surface area contributed by atoms with Crippen molar-refractivity contribution < 1.29 is 14.4 Å². The van der Waals surface area contributed by atoms with Crippen LogP contribution in [0.5, 0.6) is 0 Å². The van der Waals surface area contributed by atoms with E-state index in [9.17, 15) is 14.4 Å². The number of hydrogen-bond acceptors (Lipinski definition) is 3. The van der Waals surface area contributed by atoms with Crippen LogP contribution in [-0.2, 0) is 14.4 Å². The van der Waals surface area contributed by atoms with Gasteiger partial charge in [-0.3, -0.25) is 14.4 Å². The molecule has 1 aromatic rings. The fraction of sp³-hybridized carbons (Fsp3) is 0.571. The summed E-state index contributed by atoms with van der Waals surface area (Å²) in [5, 5.41) is 0. The second-order valence-corrected chi connectivity index (χ2v) is 8.32. The first-order valence-electron chi connectivity index (χ1n) is 9.85. The molecule has 4 atom stereocenters. The molecule has 2 saturated heterocycles. The second kappa shape index (κ2) is 6.66. The molecule has 0 spiro atoms. The van der Waals surface area contributed by atoms with Crippen LogP contribution in [0.1, 0.15) is 36.8 Å². The maximum absolute atomic E-state index is 13.2. The number of aryl methyl sites for hydroxylation is 1. The van der Waals surface area contributed by atoms with Crippen LogP contribution in [0.25, 0.3) is 0 Å². The van der Waals surface area contributed by atoms with Crippen molar-refractivity contribution in [1.29, 1.82) is 0 Å². The van der Waals surface area contributed by atoms with Crippen molar-refractivity contribution in [3.05, 3.63) is 29.3 Å². The average molecular weight is 369 g/mol. The Labute approximate surface area is 159 Å². The lowest BCUT2D eigenvalue weighted by atomic mass is 9.93. The molecule has 144 valence electrons. The summed E-state index contributed by atoms with van der Waals surface area (Å²) < 4.78 is 0. The predicted molar refractivity (Wildman–Crippen MR) is 102 cm³/mol. The van der Waals surface area contributed by atoms with Crippen molar-refractivity contribution >= 4 is 23.4 Å². The third kappa shape index (κ3) is 2.91. The summed E-state index contributed by atoms with van der Waals surface area (Å²) in [6, 6.07) is 5.38. The van der Waals surface area contributed by atoms with Crippen molar-refractivity contribution in [2.45, 2.75) is 45.6 Å². The maximum Gasteiger partial charge on any atom is 0.240 e. The second-order valence-electron chi connectivity index (χ2n) is 8.32. The Hall–Kier alpha value is -2.37. The fourth-order valence-electron chi connectivity index (χ4n) is 5.27. The number of likely N-dealkylation sites (tertiary alicyclic amines) is 1. The van der Waals surface area contributed by atoms with E-state index in [0.29, 0.717) is 19.0 Å². The van der Waals surface area contributed by atoms with Crippen LogP contribution in [0.4, 0.5) is 5.69 Å². The summed E-state index contributed by atoms with van der Waals surface area (Å²) in [6.45, 7) is 4.99. The Balaban J connectivity index is 1.54. The number of carbonyl (C=O) groups excluding carboxylic acids is 3. The van der Waals surface area contributed by atoms with Gasteiger partial charge in [-0.2, -0.15) is 0 Å². The minimum absolute atomic E-state index is 0.0305. The van der Waals surface area contributed by atoms with Crippen LogP contribution in [0, 0.1) is 31.6 Å². The Kier molecular flexibility index (Phi) is 4.44. The standard InChI is InChI=1S/C21H27N3O3/c1-12-5-3-8-17(13(12)2)23-11-15(9-18(23)25)21(27)24-10-14-6-4-7-16(14)19(24)20(22)26/h3,5,8,14-16,19H,4,6-7,9-11H2,1-2H3,(H2,22,26)/t14-,15?,16-,19-/m0/s1. The molecule has 1 saturated carbocycles. The third-order valence-electron chi connectivity index (χ3n) is 6.81. The Morgan fingerprint density at radius 2 is 1.93 bits per heavy atom. The number of primary amides is 1. The maximum atomic E-state index is 13.2. The van der Waals surface area contributed by atoms with Gasteiger partial charge in [0.1, 0.15) is 6.04 Å². The van der Waals surface area contributed by atoms with Crippen LogP contribution in [0.2, 0.25) is 0 Å². The highest BCUT2D eigenvalue weighted by atomic mass is 16.2. The molecule has 1 aliphatic carbocycles. The highest BCUT2D eigenvalue weighted by molar-refractivity contribution is 6.01. The lowest BCUT2D eigenvalue weighted by molar-refractivity contribution is -0.141. The van der Waals surface area contributed by atoms with E-state index in [2.05, 4.69) is 0 Å². The Morgan fingerprint density at radius 1 is 1.15 bits per heavy atom. The van der Waals surface area contributed by atoms with Gasteiger partial charge < -0.3 is 15.5 Å². The molecule has 4 rings (SSSR count). The molecule has 3 fully saturated rings. The van der Waals surface area contributed by atoms with Crippen LogP contribution >= 0.6 is 0 Å². The zero-order valence-corrected chi connectivity index (χ0v) is 16.0. The average Bonchev–Trinajstić information content (AvgIpc) is 3.30. The van der Waals surface area contributed by atoms with Gasteiger partial charge in [0.25, 0.3) is 0 Å². The molecule has 1 unspecified atom stereocenters. The molecule has 2 heterocycles.